The summed E-state index contributed by atoms with van der Waals surface area (Å²) >= 11 is 4.21. The van der Waals surface area contributed by atoms with E-state index in [1.807, 2.05) is 0 Å². The van der Waals surface area contributed by atoms with Crippen molar-refractivity contribution < 1.29 is 0 Å². The number of hydrogen-bond acceptors (Lipinski definition) is 3. The average Bonchev–Trinajstić information content (AvgIpc) is 2.50. The molecule has 2 N–H and O–H groups in total. The summed E-state index contributed by atoms with van der Waals surface area (Å²) < 4.78 is 0. The quantitative estimate of drug-likeness (QED) is 0.613. The summed E-state index contributed by atoms with van der Waals surface area (Å²) in [6.45, 7) is 5.77. The molecule has 1 saturated heterocycles. The van der Waals surface area contributed by atoms with E-state index < -0.39 is 0 Å². The first-order valence-corrected chi connectivity index (χ1v) is 5.00. The zero-order valence-electron chi connectivity index (χ0n) is 7.16. The predicted molar refractivity (Wildman–Crippen MR) is 52.0 cm³/mol. The minimum atomic E-state index is 0.301. The van der Waals surface area contributed by atoms with Crippen LogP contribution in [0.2, 0.25) is 0 Å². The van der Waals surface area contributed by atoms with Crippen LogP contribution in [-0.4, -0.2) is 36.3 Å². The largest absolute Gasteiger partial charge is 0.327 e. The highest BCUT2D eigenvalue weighted by molar-refractivity contribution is 7.80. The number of likely N-dealkylation sites (tertiary alicyclic amines) is 1. The SMILES string of the molecule is CCN1CCC(C(N)CS)C1. The van der Waals surface area contributed by atoms with Gasteiger partial charge in [0.2, 0.25) is 0 Å². The smallest absolute Gasteiger partial charge is 0.0169 e. The Morgan fingerprint density at radius 2 is 2.45 bits per heavy atom. The molecule has 11 heavy (non-hydrogen) atoms. The molecule has 2 atom stereocenters. The van der Waals surface area contributed by atoms with Crippen molar-refractivity contribution in [2.24, 2.45) is 11.7 Å². The number of thiol groups is 1. The molecule has 1 aliphatic heterocycles. The molecule has 1 aliphatic rings. The first kappa shape index (κ1) is 9.36. The van der Waals surface area contributed by atoms with Crippen LogP contribution in [0, 0.1) is 5.92 Å². The second-order valence-corrected chi connectivity index (χ2v) is 3.65. The summed E-state index contributed by atoms with van der Waals surface area (Å²) in [4.78, 5) is 2.45. The fourth-order valence-electron chi connectivity index (χ4n) is 1.65. The van der Waals surface area contributed by atoms with Crippen molar-refractivity contribution in [3.05, 3.63) is 0 Å². The minimum absolute atomic E-state index is 0.301. The van der Waals surface area contributed by atoms with E-state index in [2.05, 4.69) is 24.5 Å². The highest BCUT2D eigenvalue weighted by Crippen LogP contribution is 2.18. The Kier molecular flexibility index (Phi) is 3.69. The summed E-state index contributed by atoms with van der Waals surface area (Å²) in [5.74, 6) is 1.51. The van der Waals surface area contributed by atoms with Crippen molar-refractivity contribution in [1.29, 1.82) is 0 Å². The van der Waals surface area contributed by atoms with Gasteiger partial charge in [0.15, 0.2) is 0 Å². The van der Waals surface area contributed by atoms with Crippen molar-refractivity contribution in [1.82, 2.24) is 4.90 Å². The molecule has 1 fully saturated rings. The minimum Gasteiger partial charge on any atom is -0.327 e. The first-order chi connectivity index (χ1) is 5.27. The van der Waals surface area contributed by atoms with Crippen LogP contribution >= 0.6 is 12.6 Å². The normalized spacial score (nSPS) is 29.2. The number of nitrogens with two attached hydrogens (primary N) is 1. The molecule has 3 heteroatoms. The monoisotopic (exact) mass is 174 g/mol. The Balaban J connectivity index is 2.29. The third-order valence-electron chi connectivity index (χ3n) is 2.57. The molecular formula is C8H18N2S. The Morgan fingerprint density at radius 3 is 2.91 bits per heavy atom. The van der Waals surface area contributed by atoms with Gasteiger partial charge in [0.05, 0.1) is 0 Å². The summed E-state index contributed by atoms with van der Waals surface area (Å²) in [5.41, 5.74) is 5.89. The van der Waals surface area contributed by atoms with Gasteiger partial charge in [-0.1, -0.05) is 6.92 Å². The van der Waals surface area contributed by atoms with Gasteiger partial charge in [-0.2, -0.15) is 12.6 Å². The van der Waals surface area contributed by atoms with Crippen LogP contribution in [0.5, 0.6) is 0 Å². The van der Waals surface area contributed by atoms with Gasteiger partial charge in [-0.25, -0.2) is 0 Å². The maximum atomic E-state index is 5.89. The molecule has 0 bridgehead atoms. The van der Waals surface area contributed by atoms with Crippen LogP contribution < -0.4 is 5.73 Å². The molecule has 66 valence electrons. The molecule has 0 spiro atoms. The van der Waals surface area contributed by atoms with Gasteiger partial charge in [0.25, 0.3) is 0 Å². The average molecular weight is 174 g/mol. The van der Waals surface area contributed by atoms with Gasteiger partial charge < -0.3 is 10.6 Å². The molecule has 2 nitrogen and oxygen atoms in total. The summed E-state index contributed by atoms with van der Waals surface area (Å²) in [5, 5.41) is 0. The van der Waals surface area contributed by atoms with E-state index in [-0.39, 0.29) is 0 Å². The van der Waals surface area contributed by atoms with Crippen molar-refractivity contribution in [3.63, 3.8) is 0 Å². The lowest BCUT2D eigenvalue weighted by atomic mass is 10.0. The maximum Gasteiger partial charge on any atom is 0.0169 e. The summed E-state index contributed by atoms with van der Waals surface area (Å²) in [7, 11) is 0. The topological polar surface area (TPSA) is 29.3 Å². The molecular weight excluding hydrogens is 156 g/mol. The van der Waals surface area contributed by atoms with Crippen molar-refractivity contribution in [2.75, 3.05) is 25.4 Å². The van der Waals surface area contributed by atoms with Gasteiger partial charge >= 0.3 is 0 Å². The second kappa shape index (κ2) is 4.33. The highest BCUT2D eigenvalue weighted by atomic mass is 32.1. The van der Waals surface area contributed by atoms with Crippen molar-refractivity contribution in [3.8, 4) is 0 Å². The van der Waals surface area contributed by atoms with Crippen LogP contribution in [-0.2, 0) is 0 Å². The highest BCUT2D eigenvalue weighted by Gasteiger charge is 2.25. The van der Waals surface area contributed by atoms with Crippen molar-refractivity contribution in [2.45, 2.75) is 19.4 Å². The summed E-state index contributed by atoms with van der Waals surface area (Å²) in [6, 6.07) is 0.301. The molecule has 0 aromatic heterocycles. The van der Waals surface area contributed by atoms with Crippen molar-refractivity contribution >= 4 is 12.6 Å². The molecule has 0 aromatic carbocycles. The van der Waals surface area contributed by atoms with Crippen LogP contribution in [0.25, 0.3) is 0 Å². The van der Waals surface area contributed by atoms with E-state index in [0.29, 0.717) is 12.0 Å². The standard InChI is InChI=1S/C8H18N2S/c1-2-10-4-3-7(5-10)8(9)6-11/h7-8,11H,2-6,9H2,1H3. The van der Waals surface area contributed by atoms with E-state index >= 15 is 0 Å². The van der Waals surface area contributed by atoms with Gasteiger partial charge in [-0.15, -0.1) is 0 Å². The zero-order valence-corrected chi connectivity index (χ0v) is 8.06. The Morgan fingerprint density at radius 1 is 1.73 bits per heavy atom. The first-order valence-electron chi connectivity index (χ1n) is 4.36. The zero-order chi connectivity index (χ0) is 8.27. The van der Waals surface area contributed by atoms with E-state index in [0.717, 1.165) is 12.3 Å². The fraction of sp³-hybridized carbons (Fsp3) is 1.00. The van der Waals surface area contributed by atoms with E-state index in [4.69, 9.17) is 5.73 Å². The molecule has 0 amide bonds. The fourth-order valence-corrected chi connectivity index (χ4v) is 1.95. The lowest BCUT2D eigenvalue weighted by Gasteiger charge is -2.17. The molecule has 2 unspecified atom stereocenters. The van der Waals surface area contributed by atoms with E-state index in [1.165, 1.54) is 19.5 Å². The molecule has 0 radical (unpaired) electrons. The van der Waals surface area contributed by atoms with Crippen LogP contribution in [0.1, 0.15) is 13.3 Å². The third-order valence-corrected chi connectivity index (χ3v) is 2.99. The van der Waals surface area contributed by atoms with Crippen LogP contribution in [0.4, 0.5) is 0 Å². The third kappa shape index (κ3) is 2.36. The molecule has 0 aliphatic carbocycles. The van der Waals surface area contributed by atoms with Crippen LogP contribution in [0.3, 0.4) is 0 Å². The molecule has 1 heterocycles. The Bertz CT molecular complexity index is 119. The number of rotatable bonds is 3. The number of nitrogens with zero attached hydrogens (tertiary/aromatic N) is 1. The van der Waals surface area contributed by atoms with Crippen LogP contribution in [0.15, 0.2) is 0 Å². The van der Waals surface area contributed by atoms with Gasteiger partial charge in [0, 0.05) is 18.3 Å². The summed E-state index contributed by atoms with van der Waals surface area (Å²) in [6.07, 6.45) is 1.26. The lowest BCUT2D eigenvalue weighted by Crippen LogP contribution is -2.33. The second-order valence-electron chi connectivity index (χ2n) is 3.29. The van der Waals surface area contributed by atoms with Gasteiger partial charge in [-0.3, -0.25) is 0 Å². The van der Waals surface area contributed by atoms with E-state index in [1.54, 1.807) is 0 Å². The number of hydrogen-bond donors (Lipinski definition) is 2. The molecule has 0 aromatic rings. The molecule has 1 rings (SSSR count). The predicted octanol–water partition coefficient (Wildman–Crippen LogP) is 0.585. The Labute approximate surface area is 74.5 Å². The molecule has 0 saturated carbocycles. The Hall–Kier alpha value is 0.270. The van der Waals surface area contributed by atoms with E-state index in [9.17, 15) is 0 Å². The lowest BCUT2D eigenvalue weighted by molar-refractivity contribution is 0.333. The van der Waals surface area contributed by atoms with Gasteiger partial charge in [-0.05, 0) is 25.4 Å². The van der Waals surface area contributed by atoms with Gasteiger partial charge in [0.1, 0.15) is 0 Å². The maximum absolute atomic E-state index is 5.89.